The van der Waals surface area contributed by atoms with Crippen molar-refractivity contribution in [3.63, 3.8) is 0 Å². The van der Waals surface area contributed by atoms with Gasteiger partial charge in [-0.1, -0.05) is 12.8 Å². The molecular weight excluding hydrogens is 597 g/mol. The minimum absolute atomic E-state index is 0.105. The molecule has 42 heavy (non-hydrogen) atoms. The average molecular weight is 634 g/mol. The summed E-state index contributed by atoms with van der Waals surface area (Å²) in [5.74, 6) is -2.06. The number of nitrogens with zero attached hydrogens (tertiary/aromatic N) is 5. The van der Waals surface area contributed by atoms with Gasteiger partial charge in [-0.15, -0.1) is 0 Å². The largest absolute Gasteiger partial charge is 0.465 e. The normalized spacial score (nSPS) is 26.6. The molecule has 3 fully saturated rings. The van der Waals surface area contributed by atoms with E-state index in [0.29, 0.717) is 5.39 Å². The molecule has 2 aromatic heterocycles. The van der Waals surface area contributed by atoms with E-state index in [1.807, 2.05) is 0 Å². The van der Waals surface area contributed by atoms with Crippen molar-refractivity contribution in [2.75, 3.05) is 31.3 Å². The van der Waals surface area contributed by atoms with Crippen LogP contribution in [0.25, 0.3) is 11.0 Å². The van der Waals surface area contributed by atoms with Gasteiger partial charge < -0.3 is 38.2 Å². The van der Waals surface area contributed by atoms with E-state index in [-0.39, 0.29) is 42.6 Å². The number of carbonyl (C=O) groups is 1. The second-order valence-electron chi connectivity index (χ2n) is 10.7. The summed E-state index contributed by atoms with van der Waals surface area (Å²) in [6.07, 6.45) is 0.721. The Hall–Kier alpha value is -1.94. The number of halogens is 1. The van der Waals surface area contributed by atoms with Crippen molar-refractivity contribution in [2.24, 2.45) is 0 Å². The predicted octanol–water partition coefficient (Wildman–Crippen LogP) is 3.93. The minimum atomic E-state index is -3.78. The molecule has 2 aliphatic heterocycles. The standard InChI is InChI=1S/C25H37ClN5O10P/c1-5-37-42(35,38-6-2)17(12-32)36-13-16-18-19(41-25(3,4)40-18)22(39-16)31-21-15(11-27-31)20(28-23(26)29-21)30(24(33)34)14-9-7-8-10-14/h11,14,16-19,22,32H,5-10,12-13H2,1-4H3,(H,33,34)/t16-,17-,18-,19-,22-/m1/s1. The van der Waals surface area contributed by atoms with E-state index in [0.717, 1.165) is 25.7 Å². The zero-order valence-electron chi connectivity index (χ0n) is 23.9. The van der Waals surface area contributed by atoms with E-state index in [1.54, 1.807) is 27.7 Å². The monoisotopic (exact) mass is 633 g/mol. The lowest BCUT2D eigenvalue weighted by molar-refractivity contribution is -0.204. The van der Waals surface area contributed by atoms with Gasteiger partial charge in [0.25, 0.3) is 0 Å². The zero-order chi connectivity index (χ0) is 30.2. The average Bonchev–Trinajstić information content (AvgIpc) is 3.69. The number of rotatable bonds is 12. The number of aliphatic hydroxyl groups is 1. The third kappa shape index (κ3) is 6.04. The van der Waals surface area contributed by atoms with E-state index in [4.69, 9.17) is 39.6 Å². The molecule has 1 aliphatic carbocycles. The lowest BCUT2D eigenvalue weighted by Gasteiger charge is -2.28. The molecule has 3 aliphatic rings. The fourth-order valence-electron chi connectivity index (χ4n) is 5.84. The third-order valence-electron chi connectivity index (χ3n) is 7.48. The van der Waals surface area contributed by atoms with Gasteiger partial charge in [0.05, 0.1) is 38.0 Å². The summed E-state index contributed by atoms with van der Waals surface area (Å²) in [5, 5.41) is 24.8. The highest BCUT2D eigenvalue weighted by Crippen LogP contribution is 2.53. The van der Waals surface area contributed by atoms with E-state index >= 15 is 0 Å². The van der Waals surface area contributed by atoms with Crippen LogP contribution in [0.15, 0.2) is 6.20 Å². The molecule has 0 spiro atoms. The van der Waals surface area contributed by atoms with Gasteiger partial charge >= 0.3 is 13.7 Å². The topological polar surface area (TPSA) is 177 Å². The van der Waals surface area contributed by atoms with Crippen LogP contribution >= 0.6 is 19.2 Å². The Bertz CT molecular complexity index is 1310. The zero-order valence-corrected chi connectivity index (χ0v) is 25.6. The van der Waals surface area contributed by atoms with Gasteiger partial charge in [0.15, 0.2) is 29.3 Å². The number of anilines is 1. The highest BCUT2D eigenvalue weighted by molar-refractivity contribution is 7.54. The molecule has 4 heterocycles. The summed E-state index contributed by atoms with van der Waals surface area (Å²) in [6.45, 7) is 6.33. The molecule has 5 rings (SSSR count). The lowest BCUT2D eigenvalue weighted by atomic mass is 10.1. The van der Waals surface area contributed by atoms with Crippen molar-refractivity contribution in [1.29, 1.82) is 0 Å². The maximum atomic E-state index is 13.2. The summed E-state index contributed by atoms with van der Waals surface area (Å²) < 4.78 is 49.9. The first kappa shape index (κ1) is 31.5. The number of aromatic nitrogens is 4. The molecule has 2 saturated heterocycles. The van der Waals surface area contributed by atoms with E-state index in [1.165, 1.54) is 15.8 Å². The van der Waals surface area contributed by atoms with Crippen LogP contribution in [0.1, 0.15) is 59.6 Å². The molecule has 0 unspecified atom stereocenters. The molecule has 0 radical (unpaired) electrons. The smallest absolute Gasteiger partial charge is 0.413 e. The quantitative estimate of drug-likeness (QED) is 0.254. The van der Waals surface area contributed by atoms with Crippen LogP contribution in [0.2, 0.25) is 5.28 Å². The van der Waals surface area contributed by atoms with Gasteiger partial charge in [0.2, 0.25) is 5.28 Å². The number of amides is 1. The Morgan fingerprint density at radius 2 is 1.88 bits per heavy atom. The van der Waals surface area contributed by atoms with Crippen molar-refractivity contribution in [2.45, 2.75) is 95.6 Å². The Morgan fingerprint density at radius 1 is 1.21 bits per heavy atom. The number of fused-ring (bicyclic) bond motifs is 2. The summed E-state index contributed by atoms with van der Waals surface area (Å²) in [7, 11) is -3.78. The highest BCUT2D eigenvalue weighted by atomic mass is 35.5. The number of hydrogen-bond donors (Lipinski definition) is 2. The Labute approximate surface area is 247 Å². The SMILES string of the molecule is CCOP(=O)(OCC)[C@H](CO)OC[C@H]1O[C@@H](n2ncc3c(N(C(=O)O)C4CCCC4)nc(Cl)nc32)[C@@H]2OC(C)(C)O[C@@H]21. The number of aliphatic hydroxyl groups excluding tert-OH is 1. The second kappa shape index (κ2) is 12.6. The van der Waals surface area contributed by atoms with Gasteiger partial charge in [-0.05, 0) is 52.1 Å². The van der Waals surface area contributed by atoms with Crippen molar-refractivity contribution in [1.82, 2.24) is 19.7 Å². The third-order valence-corrected chi connectivity index (χ3v) is 9.90. The fourth-order valence-corrected chi connectivity index (χ4v) is 7.60. The summed E-state index contributed by atoms with van der Waals surface area (Å²) in [6, 6.07) is -0.232. The van der Waals surface area contributed by atoms with Crippen LogP contribution < -0.4 is 4.90 Å². The van der Waals surface area contributed by atoms with Crippen LogP contribution in [0.4, 0.5) is 10.6 Å². The molecule has 15 nitrogen and oxygen atoms in total. The van der Waals surface area contributed by atoms with Crippen molar-refractivity contribution >= 4 is 42.1 Å². The molecule has 17 heteroatoms. The van der Waals surface area contributed by atoms with E-state index < -0.39 is 56.5 Å². The molecular formula is C25H37ClN5O10P. The minimum Gasteiger partial charge on any atom is -0.465 e. The number of hydrogen-bond acceptors (Lipinski definition) is 12. The number of ether oxygens (including phenoxy) is 4. The summed E-state index contributed by atoms with van der Waals surface area (Å²) in [5.41, 5.74) is 0.262. The molecule has 2 N–H and O–H groups in total. The Morgan fingerprint density at radius 3 is 2.50 bits per heavy atom. The van der Waals surface area contributed by atoms with Gasteiger partial charge in [-0.25, -0.2) is 9.48 Å². The molecule has 1 saturated carbocycles. The van der Waals surface area contributed by atoms with Crippen LogP contribution in [0.3, 0.4) is 0 Å². The van der Waals surface area contributed by atoms with Crippen LogP contribution in [0.5, 0.6) is 0 Å². The summed E-state index contributed by atoms with van der Waals surface area (Å²) in [4.78, 5) is 22.2. The second-order valence-corrected chi connectivity index (χ2v) is 13.2. The van der Waals surface area contributed by atoms with Gasteiger partial charge in [0.1, 0.15) is 18.3 Å². The van der Waals surface area contributed by atoms with Gasteiger partial charge in [-0.3, -0.25) is 9.46 Å². The molecule has 0 bridgehead atoms. The maximum Gasteiger partial charge on any atom is 0.413 e. The van der Waals surface area contributed by atoms with Crippen molar-refractivity contribution in [3.05, 3.63) is 11.5 Å². The summed E-state index contributed by atoms with van der Waals surface area (Å²) >= 11 is 6.32. The molecule has 0 aromatic carbocycles. The number of carboxylic acid groups (broad SMARTS) is 1. The van der Waals surface area contributed by atoms with Crippen LogP contribution in [0, 0.1) is 0 Å². The first-order chi connectivity index (χ1) is 20.0. The fraction of sp³-hybridized carbons (Fsp3) is 0.760. The lowest BCUT2D eigenvalue weighted by Crippen LogP contribution is -2.38. The molecule has 234 valence electrons. The van der Waals surface area contributed by atoms with Crippen LogP contribution in [-0.4, -0.2) is 98.5 Å². The Kier molecular flexibility index (Phi) is 9.43. The van der Waals surface area contributed by atoms with E-state index in [2.05, 4.69) is 15.1 Å². The predicted molar refractivity (Wildman–Crippen MR) is 149 cm³/mol. The first-order valence-corrected chi connectivity index (χ1v) is 16.1. The molecule has 2 aromatic rings. The van der Waals surface area contributed by atoms with Gasteiger partial charge in [0, 0.05) is 6.04 Å². The first-order valence-electron chi connectivity index (χ1n) is 14.1. The molecule has 5 atom stereocenters. The van der Waals surface area contributed by atoms with E-state index in [9.17, 15) is 19.6 Å². The maximum absolute atomic E-state index is 13.2. The molecule has 1 amide bonds. The van der Waals surface area contributed by atoms with Crippen molar-refractivity contribution < 1.29 is 47.6 Å². The Balaban J connectivity index is 1.45. The highest BCUT2D eigenvalue weighted by Gasteiger charge is 2.57. The van der Waals surface area contributed by atoms with Crippen LogP contribution in [-0.2, 0) is 32.6 Å². The van der Waals surface area contributed by atoms with Gasteiger partial charge in [-0.2, -0.15) is 15.1 Å². The van der Waals surface area contributed by atoms with Crippen molar-refractivity contribution in [3.8, 4) is 0 Å².